The summed E-state index contributed by atoms with van der Waals surface area (Å²) < 4.78 is 0. The van der Waals surface area contributed by atoms with Crippen LogP contribution in [0.4, 0.5) is 0 Å². The van der Waals surface area contributed by atoms with Crippen molar-refractivity contribution in [1.29, 1.82) is 0 Å². The number of carboxylic acids is 1. The second kappa shape index (κ2) is 12.8. The molecule has 1 heterocycles. The molecule has 30 heavy (non-hydrogen) atoms. The molecule has 1 rings (SSSR count). The molecular formula is C20H36N4O5S. The van der Waals surface area contributed by atoms with Crippen molar-refractivity contribution in [3.8, 4) is 0 Å². The highest BCUT2D eigenvalue weighted by molar-refractivity contribution is 7.80. The van der Waals surface area contributed by atoms with E-state index in [1.165, 1.54) is 0 Å². The van der Waals surface area contributed by atoms with E-state index in [0.29, 0.717) is 19.3 Å². The van der Waals surface area contributed by atoms with Gasteiger partial charge in [0.2, 0.25) is 17.7 Å². The number of carboxylic acid groups (broad SMARTS) is 1. The van der Waals surface area contributed by atoms with Gasteiger partial charge in [0.15, 0.2) is 0 Å². The summed E-state index contributed by atoms with van der Waals surface area (Å²) >= 11 is 4.14. The lowest BCUT2D eigenvalue weighted by molar-refractivity contribution is -0.143. The van der Waals surface area contributed by atoms with E-state index in [-0.39, 0.29) is 29.5 Å². The largest absolute Gasteiger partial charge is 0.480 e. The Morgan fingerprint density at radius 1 is 1.00 bits per heavy atom. The number of carbonyl (C=O) groups excluding carboxylic acids is 3. The van der Waals surface area contributed by atoms with Crippen LogP contribution in [-0.2, 0) is 19.2 Å². The Labute approximate surface area is 183 Å². The van der Waals surface area contributed by atoms with Gasteiger partial charge < -0.3 is 26.4 Å². The summed E-state index contributed by atoms with van der Waals surface area (Å²) in [6.07, 6.45) is 2.85. The lowest BCUT2D eigenvalue weighted by Crippen LogP contribution is -2.59. The Bertz CT molecular complexity index is 612. The van der Waals surface area contributed by atoms with E-state index in [4.69, 9.17) is 0 Å². The molecule has 1 saturated heterocycles. The zero-order valence-corrected chi connectivity index (χ0v) is 19.1. The Morgan fingerprint density at radius 3 is 2.07 bits per heavy atom. The van der Waals surface area contributed by atoms with Crippen molar-refractivity contribution in [3.63, 3.8) is 0 Å². The maximum Gasteiger partial charge on any atom is 0.326 e. The molecule has 0 aliphatic carbocycles. The van der Waals surface area contributed by atoms with Crippen LogP contribution in [0.1, 0.15) is 53.4 Å². The van der Waals surface area contributed by atoms with Crippen LogP contribution in [0.3, 0.4) is 0 Å². The molecule has 6 atom stereocenters. The van der Waals surface area contributed by atoms with Gasteiger partial charge in [-0.15, -0.1) is 0 Å². The minimum Gasteiger partial charge on any atom is -0.480 e. The molecule has 172 valence electrons. The SMILES string of the molecule is CCC(C)C(NC(=O)C(CS)NC(=O)C(NC(=O)C1CCCN1)C(C)CC)C(=O)O. The molecule has 0 aromatic carbocycles. The van der Waals surface area contributed by atoms with Gasteiger partial charge in [0, 0.05) is 5.75 Å². The minimum atomic E-state index is -1.13. The molecule has 10 heteroatoms. The highest BCUT2D eigenvalue weighted by atomic mass is 32.1. The third-order valence-corrected chi connectivity index (χ3v) is 6.13. The van der Waals surface area contributed by atoms with Crippen LogP contribution in [0.5, 0.6) is 0 Å². The van der Waals surface area contributed by atoms with Crippen LogP contribution in [0.25, 0.3) is 0 Å². The highest BCUT2D eigenvalue weighted by Gasteiger charge is 2.33. The molecule has 5 N–H and O–H groups in total. The molecule has 0 aromatic rings. The van der Waals surface area contributed by atoms with E-state index >= 15 is 0 Å². The van der Waals surface area contributed by atoms with Crippen LogP contribution in [-0.4, -0.2) is 65.3 Å². The van der Waals surface area contributed by atoms with Gasteiger partial charge >= 0.3 is 5.97 Å². The van der Waals surface area contributed by atoms with Gasteiger partial charge in [-0.25, -0.2) is 4.79 Å². The average molecular weight is 445 g/mol. The molecule has 1 aliphatic rings. The first-order valence-corrected chi connectivity index (χ1v) is 11.3. The minimum absolute atomic E-state index is 0.00420. The number of nitrogens with one attached hydrogen (secondary N) is 4. The summed E-state index contributed by atoms with van der Waals surface area (Å²) in [6, 6.07) is -3.19. The quantitative estimate of drug-likeness (QED) is 0.240. The fraction of sp³-hybridized carbons (Fsp3) is 0.800. The highest BCUT2D eigenvalue weighted by Crippen LogP contribution is 2.12. The van der Waals surface area contributed by atoms with Crippen LogP contribution in [0, 0.1) is 11.8 Å². The Hall–Kier alpha value is -1.81. The van der Waals surface area contributed by atoms with E-state index in [1.54, 1.807) is 6.92 Å². The van der Waals surface area contributed by atoms with Gasteiger partial charge in [0.1, 0.15) is 18.1 Å². The average Bonchev–Trinajstić information content (AvgIpc) is 3.27. The Morgan fingerprint density at radius 2 is 1.60 bits per heavy atom. The third-order valence-electron chi connectivity index (χ3n) is 5.76. The molecule has 9 nitrogen and oxygen atoms in total. The summed E-state index contributed by atoms with van der Waals surface area (Å²) in [7, 11) is 0. The summed E-state index contributed by atoms with van der Waals surface area (Å²) in [5.74, 6) is -2.88. The lowest BCUT2D eigenvalue weighted by atomic mass is 9.97. The number of hydrogen-bond acceptors (Lipinski definition) is 6. The molecule has 0 saturated carbocycles. The number of carbonyl (C=O) groups is 4. The maximum absolute atomic E-state index is 12.9. The lowest BCUT2D eigenvalue weighted by Gasteiger charge is -2.28. The zero-order valence-electron chi connectivity index (χ0n) is 18.2. The number of amides is 3. The van der Waals surface area contributed by atoms with Gasteiger partial charge in [-0.05, 0) is 31.2 Å². The van der Waals surface area contributed by atoms with Gasteiger partial charge in [-0.1, -0.05) is 40.5 Å². The molecule has 0 aromatic heterocycles. The van der Waals surface area contributed by atoms with E-state index in [1.807, 2.05) is 20.8 Å². The molecular weight excluding hydrogens is 408 g/mol. The number of aliphatic carboxylic acids is 1. The normalized spacial score (nSPS) is 21.0. The third kappa shape index (κ3) is 7.46. The number of hydrogen-bond donors (Lipinski definition) is 6. The summed E-state index contributed by atoms with van der Waals surface area (Å²) in [5.41, 5.74) is 0. The van der Waals surface area contributed by atoms with Crippen LogP contribution in [0.2, 0.25) is 0 Å². The van der Waals surface area contributed by atoms with Crippen LogP contribution in [0.15, 0.2) is 0 Å². The van der Waals surface area contributed by atoms with Crippen molar-refractivity contribution in [2.45, 2.75) is 77.5 Å². The summed E-state index contributed by atoms with van der Waals surface area (Å²) in [6.45, 7) is 8.10. The van der Waals surface area contributed by atoms with Crippen molar-refractivity contribution in [3.05, 3.63) is 0 Å². The molecule has 0 bridgehead atoms. The molecule has 0 spiro atoms. The van der Waals surface area contributed by atoms with Crippen molar-refractivity contribution < 1.29 is 24.3 Å². The smallest absolute Gasteiger partial charge is 0.326 e. The van der Waals surface area contributed by atoms with Crippen molar-refractivity contribution in [1.82, 2.24) is 21.3 Å². The predicted molar refractivity (Wildman–Crippen MR) is 117 cm³/mol. The second-order valence-electron chi connectivity index (χ2n) is 7.97. The Balaban J connectivity index is 2.83. The standard InChI is InChI=1S/C20H36N4O5S/c1-5-11(3)15(23-17(25)13-8-7-9-21-13)19(27)22-14(10-30)18(26)24-16(20(28)29)12(4)6-2/h11-16,21,30H,5-10H2,1-4H3,(H,22,27)(H,23,25)(H,24,26)(H,28,29). The molecule has 1 fully saturated rings. The molecule has 1 aliphatic heterocycles. The van der Waals surface area contributed by atoms with E-state index < -0.39 is 35.9 Å². The molecule has 6 unspecified atom stereocenters. The summed E-state index contributed by atoms with van der Waals surface area (Å²) in [5, 5.41) is 20.4. The monoisotopic (exact) mass is 444 g/mol. The zero-order chi connectivity index (χ0) is 22.8. The second-order valence-corrected chi connectivity index (χ2v) is 8.34. The first-order chi connectivity index (χ1) is 14.2. The van der Waals surface area contributed by atoms with Gasteiger partial charge in [0.25, 0.3) is 0 Å². The maximum atomic E-state index is 12.9. The van der Waals surface area contributed by atoms with Crippen LogP contribution < -0.4 is 21.3 Å². The van der Waals surface area contributed by atoms with Gasteiger partial charge in [-0.3, -0.25) is 14.4 Å². The van der Waals surface area contributed by atoms with E-state index in [0.717, 1.165) is 13.0 Å². The van der Waals surface area contributed by atoms with Crippen molar-refractivity contribution >= 4 is 36.3 Å². The van der Waals surface area contributed by atoms with Crippen molar-refractivity contribution in [2.75, 3.05) is 12.3 Å². The molecule has 0 radical (unpaired) electrons. The first kappa shape index (κ1) is 26.2. The molecule has 3 amide bonds. The van der Waals surface area contributed by atoms with E-state index in [9.17, 15) is 24.3 Å². The summed E-state index contributed by atoms with van der Waals surface area (Å²) in [4.78, 5) is 49.5. The fourth-order valence-electron chi connectivity index (χ4n) is 3.26. The van der Waals surface area contributed by atoms with E-state index in [2.05, 4.69) is 33.9 Å². The first-order valence-electron chi connectivity index (χ1n) is 10.6. The number of rotatable bonds is 12. The topological polar surface area (TPSA) is 137 Å². The van der Waals surface area contributed by atoms with Gasteiger partial charge in [0.05, 0.1) is 6.04 Å². The van der Waals surface area contributed by atoms with Gasteiger partial charge in [-0.2, -0.15) is 12.6 Å². The van der Waals surface area contributed by atoms with Crippen molar-refractivity contribution in [2.24, 2.45) is 11.8 Å². The van der Waals surface area contributed by atoms with Crippen LogP contribution >= 0.6 is 12.6 Å². The number of thiol groups is 1. The predicted octanol–water partition coefficient (Wildman–Crippen LogP) is 0.299. The fourth-order valence-corrected chi connectivity index (χ4v) is 3.51. The Kier molecular flexibility index (Phi) is 11.2.